The van der Waals surface area contributed by atoms with Crippen molar-refractivity contribution in [2.45, 2.75) is 43.8 Å². The van der Waals surface area contributed by atoms with E-state index in [1.807, 2.05) is 23.1 Å². The van der Waals surface area contributed by atoms with Gasteiger partial charge in [-0.05, 0) is 30.9 Å². The van der Waals surface area contributed by atoms with E-state index in [2.05, 4.69) is 21.0 Å². The number of fused-ring (bicyclic) bond motifs is 2. The molecule has 2 fully saturated rings. The number of anilines is 1. The number of carbonyl (C=O) groups is 2. The molecule has 3 atom stereocenters. The summed E-state index contributed by atoms with van der Waals surface area (Å²) in [5, 5.41) is 2.91. The fourth-order valence-corrected chi connectivity index (χ4v) is 5.43. The average Bonchev–Trinajstić information content (AvgIpc) is 3.24. The molecule has 0 bridgehead atoms. The molecule has 1 aromatic carbocycles. The summed E-state index contributed by atoms with van der Waals surface area (Å²) in [5.41, 5.74) is 2.20. The van der Waals surface area contributed by atoms with Gasteiger partial charge in [0, 0.05) is 43.8 Å². The van der Waals surface area contributed by atoms with Crippen LogP contribution in [0.3, 0.4) is 0 Å². The van der Waals surface area contributed by atoms with Crippen LogP contribution >= 0.6 is 0 Å². The monoisotopic (exact) mass is 406 g/mol. The number of amides is 2. The van der Waals surface area contributed by atoms with Crippen LogP contribution in [0.4, 0.5) is 5.69 Å². The second-order valence-corrected chi connectivity index (χ2v) is 9.68. The third kappa shape index (κ3) is 3.92. The van der Waals surface area contributed by atoms with Gasteiger partial charge in [0.05, 0.1) is 12.3 Å². The zero-order chi connectivity index (χ0) is 19.9. The van der Waals surface area contributed by atoms with Gasteiger partial charge in [-0.1, -0.05) is 18.2 Å². The molecule has 0 aliphatic carbocycles. The van der Waals surface area contributed by atoms with Crippen LogP contribution in [0.5, 0.6) is 0 Å². The number of rotatable bonds is 5. The normalized spacial score (nSPS) is 27.4. The zero-order valence-corrected chi connectivity index (χ0v) is 16.7. The lowest BCUT2D eigenvalue weighted by atomic mass is 10.0. The molecule has 0 spiro atoms. The molecule has 2 N–H and O–H groups in total. The Balaban J connectivity index is 1.38. The second-order valence-electron chi connectivity index (χ2n) is 7.90. The molecular formula is C19H26N4O4S. The van der Waals surface area contributed by atoms with E-state index < -0.39 is 10.0 Å². The predicted octanol–water partition coefficient (Wildman–Crippen LogP) is -0.154. The topological polar surface area (TPSA) is 98.8 Å². The Labute approximate surface area is 165 Å². The highest BCUT2D eigenvalue weighted by Crippen LogP contribution is 2.30. The summed E-state index contributed by atoms with van der Waals surface area (Å²) in [7, 11) is -3.32. The van der Waals surface area contributed by atoms with Crippen molar-refractivity contribution in [3.05, 3.63) is 29.8 Å². The van der Waals surface area contributed by atoms with Crippen LogP contribution < -0.4 is 14.9 Å². The maximum Gasteiger partial charge on any atom is 0.237 e. The molecule has 0 radical (unpaired) electrons. The third-order valence-electron chi connectivity index (χ3n) is 5.88. The number of carbonyl (C=O) groups excluding carboxylic acids is 2. The standard InChI is InChI=1S/C19H26N4O4S/c1-28(26,27)21-14-10-17-19(25)20-11-15(23(17)12-14)6-7-18(24)22-9-8-13-4-2-3-5-16(13)22/h2-5,14-15,17,21H,6-12H2,1H3,(H,20,25). The van der Waals surface area contributed by atoms with E-state index in [4.69, 9.17) is 0 Å². The van der Waals surface area contributed by atoms with E-state index in [0.29, 0.717) is 38.9 Å². The number of benzene rings is 1. The highest BCUT2D eigenvalue weighted by Gasteiger charge is 2.44. The third-order valence-corrected chi connectivity index (χ3v) is 6.64. The minimum absolute atomic E-state index is 0.0378. The summed E-state index contributed by atoms with van der Waals surface area (Å²) >= 11 is 0. The molecule has 0 saturated carbocycles. The summed E-state index contributed by atoms with van der Waals surface area (Å²) in [4.78, 5) is 28.9. The summed E-state index contributed by atoms with van der Waals surface area (Å²) in [6.45, 7) is 1.70. The largest absolute Gasteiger partial charge is 0.353 e. The van der Waals surface area contributed by atoms with Crippen LogP contribution in [0.25, 0.3) is 0 Å². The Hall–Kier alpha value is -1.97. The Morgan fingerprint density at radius 2 is 2.11 bits per heavy atom. The van der Waals surface area contributed by atoms with Crippen molar-refractivity contribution in [1.82, 2.24) is 14.9 Å². The van der Waals surface area contributed by atoms with Crippen LogP contribution in [-0.4, -0.2) is 69.1 Å². The molecule has 28 heavy (non-hydrogen) atoms. The first-order chi connectivity index (χ1) is 13.3. The van der Waals surface area contributed by atoms with Crippen LogP contribution in [0.1, 0.15) is 24.8 Å². The van der Waals surface area contributed by atoms with E-state index in [1.165, 1.54) is 5.56 Å². The van der Waals surface area contributed by atoms with Gasteiger partial charge in [-0.25, -0.2) is 13.1 Å². The number of piperazine rings is 1. The maximum atomic E-state index is 12.8. The van der Waals surface area contributed by atoms with E-state index in [1.54, 1.807) is 0 Å². The van der Waals surface area contributed by atoms with Crippen molar-refractivity contribution in [1.29, 1.82) is 0 Å². The zero-order valence-electron chi connectivity index (χ0n) is 15.9. The van der Waals surface area contributed by atoms with Gasteiger partial charge >= 0.3 is 0 Å². The number of sulfonamides is 1. The van der Waals surface area contributed by atoms with Gasteiger partial charge in [0.1, 0.15) is 0 Å². The van der Waals surface area contributed by atoms with Crippen LogP contribution in [-0.2, 0) is 26.0 Å². The lowest BCUT2D eigenvalue weighted by Crippen LogP contribution is -2.58. The Morgan fingerprint density at radius 3 is 2.89 bits per heavy atom. The molecule has 152 valence electrons. The van der Waals surface area contributed by atoms with Gasteiger partial charge in [-0.2, -0.15) is 0 Å². The Morgan fingerprint density at radius 1 is 1.32 bits per heavy atom. The van der Waals surface area contributed by atoms with E-state index in [9.17, 15) is 18.0 Å². The number of nitrogens with zero attached hydrogens (tertiary/aromatic N) is 2. The predicted molar refractivity (Wildman–Crippen MR) is 105 cm³/mol. The first kappa shape index (κ1) is 19.4. The molecule has 2 saturated heterocycles. The van der Waals surface area contributed by atoms with Gasteiger partial charge < -0.3 is 10.2 Å². The molecule has 3 heterocycles. The lowest BCUT2D eigenvalue weighted by Gasteiger charge is -2.37. The van der Waals surface area contributed by atoms with Gasteiger partial charge in [0.25, 0.3) is 0 Å². The number of para-hydroxylation sites is 1. The quantitative estimate of drug-likeness (QED) is 0.708. The van der Waals surface area contributed by atoms with Gasteiger partial charge in [0.2, 0.25) is 21.8 Å². The molecule has 3 unspecified atom stereocenters. The molecule has 2 amide bonds. The highest BCUT2D eigenvalue weighted by atomic mass is 32.2. The van der Waals surface area contributed by atoms with E-state index >= 15 is 0 Å². The maximum absolute atomic E-state index is 12.8. The van der Waals surface area contributed by atoms with Gasteiger partial charge in [-0.3, -0.25) is 14.5 Å². The van der Waals surface area contributed by atoms with Gasteiger partial charge in [0.15, 0.2) is 0 Å². The Bertz CT molecular complexity index is 888. The van der Waals surface area contributed by atoms with Crippen molar-refractivity contribution < 1.29 is 18.0 Å². The summed E-state index contributed by atoms with van der Waals surface area (Å²) in [6, 6.07) is 7.42. The minimum atomic E-state index is -3.32. The molecule has 8 nitrogen and oxygen atoms in total. The fraction of sp³-hybridized carbons (Fsp3) is 0.579. The second kappa shape index (κ2) is 7.46. The molecule has 1 aromatic rings. The first-order valence-electron chi connectivity index (χ1n) is 9.71. The SMILES string of the molecule is CS(=O)(=O)NC1CC2C(=O)NCC(CCC(=O)N3CCc4ccccc43)N2C1. The molecule has 9 heteroatoms. The van der Waals surface area contributed by atoms with Crippen molar-refractivity contribution in [3.8, 4) is 0 Å². The van der Waals surface area contributed by atoms with Crippen molar-refractivity contribution in [2.75, 3.05) is 30.8 Å². The van der Waals surface area contributed by atoms with Crippen molar-refractivity contribution in [2.24, 2.45) is 0 Å². The summed E-state index contributed by atoms with van der Waals surface area (Å²) in [6.07, 6.45) is 3.52. The molecule has 3 aliphatic heterocycles. The lowest BCUT2D eigenvalue weighted by molar-refractivity contribution is -0.129. The highest BCUT2D eigenvalue weighted by molar-refractivity contribution is 7.88. The number of hydrogen-bond acceptors (Lipinski definition) is 5. The number of hydrogen-bond donors (Lipinski definition) is 2. The van der Waals surface area contributed by atoms with Crippen molar-refractivity contribution >= 4 is 27.5 Å². The first-order valence-corrected chi connectivity index (χ1v) is 11.6. The summed E-state index contributed by atoms with van der Waals surface area (Å²) in [5.74, 6) is 0.0391. The van der Waals surface area contributed by atoms with E-state index in [0.717, 1.165) is 18.4 Å². The van der Waals surface area contributed by atoms with Crippen LogP contribution in [0.2, 0.25) is 0 Å². The van der Waals surface area contributed by atoms with E-state index in [-0.39, 0.29) is 29.9 Å². The summed E-state index contributed by atoms with van der Waals surface area (Å²) < 4.78 is 25.7. The van der Waals surface area contributed by atoms with Crippen molar-refractivity contribution in [3.63, 3.8) is 0 Å². The smallest absolute Gasteiger partial charge is 0.237 e. The molecule has 4 rings (SSSR count). The number of nitrogens with one attached hydrogen (secondary N) is 2. The molecular weight excluding hydrogens is 380 g/mol. The molecule has 3 aliphatic rings. The Kier molecular flexibility index (Phi) is 5.15. The van der Waals surface area contributed by atoms with Gasteiger partial charge in [-0.15, -0.1) is 0 Å². The van der Waals surface area contributed by atoms with Crippen LogP contribution in [0.15, 0.2) is 24.3 Å². The van der Waals surface area contributed by atoms with Crippen LogP contribution in [0, 0.1) is 0 Å². The fourth-order valence-electron chi connectivity index (χ4n) is 4.65. The average molecular weight is 407 g/mol. The minimum Gasteiger partial charge on any atom is -0.353 e. The molecule has 0 aromatic heterocycles.